The lowest BCUT2D eigenvalue weighted by atomic mass is 10.1. The maximum Gasteiger partial charge on any atom is 0.332 e. The van der Waals surface area contributed by atoms with E-state index in [1.165, 1.54) is 11.6 Å². The molecule has 0 spiro atoms. The minimum Gasteiger partial charge on any atom is -0.355 e. The summed E-state index contributed by atoms with van der Waals surface area (Å²) in [4.78, 5) is 47.1. The van der Waals surface area contributed by atoms with Gasteiger partial charge in [-0.1, -0.05) is 71.9 Å². The SMILES string of the molecule is Cc1ccc(-c2nc(SCC(=O)NCCc3ccccc3)c3c(=O)n(C)c(=O)n(C)c3n2)cc1. The van der Waals surface area contributed by atoms with Crippen LogP contribution in [-0.2, 0) is 25.3 Å². The van der Waals surface area contributed by atoms with Crippen LogP contribution in [0.1, 0.15) is 11.1 Å². The van der Waals surface area contributed by atoms with E-state index >= 15 is 0 Å². The molecule has 0 radical (unpaired) electrons. The molecule has 0 saturated carbocycles. The lowest BCUT2D eigenvalue weighted by Gasteiger charge is -2.12. The van der Waals surface area contributed by atoms with Gasteiger partial charge in [0.05, 0.1) is 5.75 Å². The van der Waals surface area contributed by atoms with Crippen LogP contribution in [0.5, 0.6) is 0 Å². The van der Waals surface area contributed by atoms with Crippen molar-refractivity contribution in [2.75, 3.05) is 12.3 Å². The van der Waals surface area contributed by atoms with E-state index in [0.29, 0.717) is 17.4 Å². The number of rotatable bonds is 7. The number of nitrogens with one attached hydrogen (secondary N) is 1. The maximum atomic E-state index is 12.9. The van der Waals surface area contributed by atoms with Gasteiger partial charge in [-0.3, -0.25) is 18.7 Å². The van der Waals surface area contributed by atoms with Gasteiger partial charge in [0.1, 0.15) is 10.4 Å². The van der Waals surface area contributed by atoms with Gasteiger partial charge in [-0.05, 0) is 18.9 Å². The molecule has 0 aliphatic heterocycles. The van der Waals surface area contributed by atoms with Crippen molar-refractivity contribution in [2.24, 2.45) is 14.1 Å². The lowest BCUT2D eigenvalue weighted by Crippen LogP contribution is -2.37. The average Bonchev–Trinajstić information content (AvgIpc) is 2.85. The Hall–Kier alpha value is -3.72. The summed E-state index contributed by atoms with van der Waals surface area (Å²) in [6.07, 6.45) is 0.730. The largest absolute Gasteiger partial charge is 0.355 e. The Morgan fingerprint density at radius 2 is 1.68 bits per heavy atom. The number of hydrogen-bond acceptors (Lipinski definition) is 6. The molecule has 0 aliphatic rings. The normalized spacial score (nSPS) is 11.0. The molecule has 0 aliphatic carbocycles. The lowest BCUT2D eigenvalue weighted by molar-refractivity contribution is -0.118. The number of nitrogens with zero attached hydrogens (tertiary/aromatic N) is 4. The highest BCUT2D eigenvalue weighted by molar-refractivity contribution is 8.00. The van der Waals surface area contributed by atoms with Gasteiger partial charge in [-0.25, -0.2) is 14.8 Å². The number of amides is 1. The molecule has 4 aromatic rings. The highest BCUT2D eigenvalue weighted by Gasteiger charge is 2.19. The van der Waals surface area contributed by atoms with E-state index in [0.717, 1.165) is 39.4 Å². The fraction of sp³-hybridized carbons (Fsp3) is 0.240. The van der Waals surface area contributed by atoms with Crippen molar-refractivity contribution in [2.45, 2.75) is 18.4 Å². The van der Waals surface area contributed by atoms with Crippen molar-refractivity contribution in [3.8, 4) is 11.4 Å². The molecular weight excluding hydrogens is 450 g/mol. The molecule has 2 aromatic carbocycles. The monoisotopic (exact) mass is 475 g/mol. The smallest absolute Gasteiger partial charge is 0.332 e. The van der Waals surface area contributed by atoms with E-state index in [1.54, 1.807) is 7.05 Å². The second kappa shape index (κ2) is 10.0. The molecule has 1 N–H and O–H groups in total. The Labute approximate surface area is 200 Å². The third kappa shape index (κ3) is 4.94. The van der Waals surface area contributed by atoms with Gasteiger partial charge < -0.3 is 5.32 Å². The fourth-order valence-corrected chi connectivity index (χ4v) is 4.38. The van der Waals surface area contributed by atoms with E-state index in [-0.39, 0.29) is 22.7 Å². The highest BCUT2D eigenvalue weighted by Crippen LogP contribution is 2.26. The Balaban J connectivity index is 1.63. The third-order valence-corrected chi connectivity index (χ3v) is 6.47. The van der Waals surface area contributed by atoms with E-state index in [9.17, 15) is 14.4 Å². The van der Waals surface area contributed by atoms with Crippen LogP contribution in [0, 0.1) is 6.92 Å². The molecule has 8 nitrogen and oxygen atoms in total. The second-order valence-corrected chi connectivity index (χ2v) is 8.96. The van der Waals surface area contributed by atoms with Crippen molar-refractivity contribution >= 4 is 28.7 Å². The number of thioether (sulfide) groups is 1. The number of carbonyl (C=O) groups is 1. The molecule has 0 saturated heterocycles. The number of aromatic nitrogens is 4. The van der Waals surface area contributed by atoms with Crippen molar-refractivity contribution in [3.05, 3.63) is 86.6 Å². The van der Waals surface area contributed by atoms with Crippen molar-refractivity contribution in [3.63, 3.8) is 0 Å². The van der Waals surface area contributed by atoms with Gasteiger partial charge in [-0.15, -0.1) is 0 Å². The summed E-state index contributed by atoms with van der Waals surface area (Å²) in [6.45, 7) is 2.49. The quantitative estimate of drug-likeness (QED) is 0.326. The number of hydrogen-bond donors (Lipinski definition) is 1. The number of benzene rings is 2. The van der Waals surface area contributed by atoms with Gasteiger partial charge in [0.25, 0.3) is 5.56 Å². The van der Waals surface area contributed by atoms with Crippen LogP contribution < -0.4 is 16.6 Å². The van der Waals surface area contributed by atoms with Crippen LogP contribution >= 0.6 is 11.8 Å². The van der Waals surface area contributed by atoms with Crippen LogP contribution in [0.2, 0.25) is 0 Å². The fourth-order valence-electron chi connectivity index (χ4n) is 3.54. The van der Waals surface area contributed by atoms with E-state index in [4.69, 9.17) is 0 Å². The predicted octanol–water partition coefficient (Wildman–Crippen LogP) is 2.45. The van der Waals surface area contributed by atoms with Crippen LogP contribution in [0.25, 0.3) is 22.4 Å². The average molecular weight is 476 g/mol. The van der Waals surface area contributed by atoms with E-state index in [1.807, 2.05) is 61.5 Å². The summed E-state index contributed by atoms with van der Waals surface area (Å²) >= 11 is 1.16. The molecule has 0 fully saturated rings. The molecule has 34 heavy (non-hydrogen) atoms. The Bertz CT molecular complexity index is 1460. The molecule has 0 atom stereocenters. The number of fused-ring (bicyclic) bond motifs is 1. The molecule has 1 amide bonds. The molecule has 174 valence electrons. The standard InChI is InChI=1S/C25H25N5O3S/c1-16-9-11-18(12-10-16)21-27-22-20(24(32)30(3)25(33)29(22)2)23(28-21)34-15-19(31)26-14-13-17-7-5-4-6-8-17/h4-12H,13-15H2,1-3H3,(H,26,31). The summed E-state index contributed by atoms with van der Waals surface area (Å²) in [7, 11) is 2.99. The zero-order valence-corrected chi connectivity index (χ0v) is 20.1. The van der Waals surface area contributed by atoms with E-state index in [2.05, 4.69) is 15.3 Å². The zero-order valence-electron chi connectivity index (χ0n) is 19.2. The molecule has 0 unspecified atom stereocenters. The van der Waals surface area contributed by atoms with E-state index < -0.39 is 11.2 Å². The molecule has 4 rings (SSSR count). The molecule has 2 heterocycles. The minimum absolute atomic E-state index is 0.0836. The topological polar surface area (TPSA) is 98.9 Å². The molecule has 9 heteroatoms. The summed E-state index contributed by atoms with van der Waals surface area (Å²) in [5.41, 5.74) is 2.28. The first-order valence-electron chi connectivity index (χ1n) is 10.8. The Morgan fingerprint density at radius 1 is 0.971 bits per heavy atom. The third-order valence-electron chi connectivity index (χ3n) is 5.50. The summed E-state index contributed by atoms with van der Waals surface area (Å²) in [5, 5.41) is 3.50. The van der Waals surface area contributed by atoms with Gasteiger partial charge >= 0.3 is 5.69 Å². The van der Waals surface area contributed by atoms with Crippen molar-refractivity contribution in [1.82, 2.24) is 24.4 Å². The first kappa shape index (κ1) is 23.4. The first-order valence-corrected chi connectivity index (χ1v) is 11.8. The first-order chi connectivity index (χ1) is 16.3. The van der Waals surface area contributed by atoms with Crippen LogP contribution in [-0.4, -0.2) is 37.3 Å². The van der Waals surface area contributed by atoms with Gasteiger partial charge in [0, 0.05) is 26.2 Å². The van der Waals surface area contributed by atoms with Crippen LogP contribution in [0.3, 0.4) is 0 Å². The predicted molar refractivity (Wildman–Crippen MR) is 134 cm³/mol. The minimum atomic E-state index is -0.486. The number of carbonyl (C=O) groups excluding carboxylic acids is 1. The summed E-state index contributed by atoms with van der Waals surface area (Å²) < 4.78 is 2.36. The van der Waals surface area contributed by atoms with Crippen LogP contribution in [0.15, 0.2) is 69.2 Å². The summed E-state index contributed by atoms with van der Waals surface area (Å²) in [6, 6.07) is 17.6. The van der Waals surface area contributed by atoms with Gasteiger partial charge in [-0.2, -0.15) is 0 Å². The Kier molecular flexibility index (Phi) is 6.93. The highest BCUT2D eigenvalue weighted by atomic mass is 32.2. The van der Waals surface area contributed by atoms with Crippen LogP contribution in [0.4, 0.5) is 0 Å². The molecule has 2 aromatic heterocycles. The van der Waals surface area contributed by atoms with Crippen molar-refractivity contribution < 1.29 is 4.79 Å². The zero-order chi connectivity index (χ0) is 24.2. The molecule has 0 bridgehead atoms. The van der Waals surface area contributed by atoms with Gasteiger partial charge in [0.15, 0.2) is 11.5 Å². The number of aryl methyl sites for hydroxylation is 2. The summed E-state index contributed by atoms with van der Waals surface area (Å²) in [5.74, 6) is 0.314. The second-order valence-electron chi connectivity index (χ2n) is 8.00. The maximum absolute atomic E-state index is 12.9. The molecular formula is C25H25N5O3S. The van der Waals surface area contributed by atoms with Crippen molar-refractivity contribution in [1.29, 1.82) is 0 Å². The Morgan fingerprint density at radius 3 is 2.38 bits per heavy atom. The van der Waals surface area contributed by atoms with Gasteiger partial charge in [0.2, 0.25) is 5.91 Å².